The van der Waals surface area contributed by atoms with Gasteiger partial charge in [-0.1, -0.05) is 54.1 Å². The van der Waals surface area contributed by atoms with Gasteiger partial charge in [0.2, 0.25) is 0 Å². The number of fused-ring (bicyclic) bond motifs is 1. The molecule has 0 fully saturated rings. The number of carbonyl (C=O) groups excluding carboxylic acids is 1. The Hall–Kier alpha value is -3.35. The average Bonchev–Trinajstić information content (AvgIpc) is 2.79. The van der Waals surface area contributed by atoms with Crippen LogP contribution in [-0.4, -0.2) is 21.3 Å². The van der Waals surface area contributed by atoms with Gasteiger partial charge < -0.3 is 4.74 Å². The zero-order valence-electron chi connectivity index (χ0n) is 16.5. The molecule has 0 spiro atoms. The lowest BCUT2D eigenvalue weighted by Crippen LogP contribution is -2.16. The predicted octanol–water partition coefficient (Wildman–Crippen LogP) is 5.53. The fraction of sp³-hybridized carbons (Fsp3) is 0.0417. The van der Waals surface area contributed by atoms with E-state index >= 15 is 0 Å². The number of hydrogen-bond acceptors (Lipinski definition) is 4. The van der Waals surface area contributed by atoms with E-state index in [0.717, 1.165) is 10.8 Å². The molecular formula is C24H18ClNO4S. The van der Waals surface area contributed by atoms with Gasteiger partial charge in [0.05, 0.1) is 17.7 Å². The first-order valence-electron chi connectivity index (χ1n) is 9.37. The van der Waals surface area contributed by atoms with Crippen LogP contribution in [0.5, 0.6) is 5.75 Å². The number of rotatable bonds is 6. The van der Waals surface area contributed by atoms with Crippen molar-refractivity contribution in [2.24, 2.45) is 0 Å². The Balaban J connectivity index is 1.72. The molecule has 0 aliphatic heterocycles. The van der Waals surface area contributed by atoms with Gasteiger partial charge in [-0.05, 0) is 53.2 Å². The van der Waals surface area contributed by atoms with Crippen molar-refractivity contribution < 1.29 is 17.9 Å². The van der Waals surface area contributed by atoms with Crippen LogP contribution in [0.25, 0.3) is 10.8 Å². The molecule has 156 valence electrons. The minimum atomic E-state index is -3.95. The Kier molecular flexibility index (Phi) is 5.67. The molecule has 4 rings (SSSR count). The van der Waals surface area contributed by atoms with Crippen LogP contribution in [0.1, 0.15) is 15.9 Å². The summed E-state index contributed by atoms with van der Waals surface area (Å²) in [5, 5.41) is 1.94. The predicted molar refractivity (Wildman–Crippen MR) is 123 cm³/mol. The summed E-state index contributed by atoms with van der Waals surface area (Å²) in [5.41, 5.74) is 0.769. The van der Waals surface area contributed by atoms with Crippen LogP contribution in [-0.2, 0) is 10.0 Å². The van der Waals surface area contributed by atoms with Crippen LogP contribution in [0.4, 0.5) is 5.69 Å². The molecule has 5 nitrogen and oxygen atoms in total. The fourth-order valence-electron chi connectivity index (χ4n) is 3.24. The second-order valence-electron chi connectivity index (χ2n) is 6.87. The number of anilines is 1. The number of halogens is 1. The van der Waals surface area contributed by atoms with E-state index in [0.29, 0.717) is 16.3 Å². The van der Waals surface area contributed by atoms with Crippen molar-refractivity contribution in [3.8, 4) is 5.75 Å². The first kappa shape index (κ1) is 20.9. The van der Waals surface area contributed by atoms with Crippen molar-refractivity contribution in [2.45, 2.75) is 4.90 Å². The Labute approximate surface area is 185 Å². The maximum atomic E-state index is 13.1. The quantitative estimate of drug-likeness (QED) is 0.391. The molecule has 0 aliphatic carbocycles. The minimum Gasteiger partial charge on any atom is -0.497 e. The topological polar surface area (TPSA) is 72.5 Å². The highest BCUT2D eigenvalue weighted by atomic mass is 35.5. The van der Waals surface area contributed by atoms with Gasteiger partial charge >= 0.3 is 0 Å². The van der Waals surface area contributed by atoms with Gasteiger partial charge in [-0.15, -0.1) is 0 Å². The molecule has 0 saturated carbocycles. The number of nitrogens with one attached hydrogen (secondary N) is 1. The third kappa shape index (κ3) is 4.40. The SMILES string of the molecule is COc1ccc2cc(S(=O)(=O)Nc3ccc(Cl)cc3C(=O)c3ccccc3)ccc2c1. The number of benzene rings is 4. The lowest BCUT2D eigenvalue weighted by Gasteiger charge is -2.13. The number of carbonyl (C=O) groups is 1. The van der Waals surface area contributed by atoms with Crippen molar-refractivity contribution >= 4 is 43.9 Å². The number of ketones is 1. The Bertz CT molecular complexity index is 1390. The second-order valence-corrected chi connectivity index (χ2v) is 8.98. The van der Waals surface area contributed by atoms with Crippen LogP contribution < -0.4 is 9.46 Å². The second kappa shape index (κ2) is 8.41. The molecule has 0 heterocycles. The molecule has 0 atom stereocenters. The van der Waals surface area contributed by atoms with E-state index in [-0.39, 0.29) is 21.9 Å². The van der Waals surface area contributed by atoms with Crippen LogP contribution in [0.15, 0.2) is 89.8 Å². The molecule has 31 heavy (non-hydrogen) atoms. The van der Waals surface area contributed by atoms with Gasteiger partial charge in [-0.3, -0.25) is 9.52 Å². The molecule has 0 bridgehead atoms. The van der Waals surface area contributed by atoms with Crippen LogP contribution in [0.2, 0.25) is 5.02 Å². The molecule has 0 radical (unpaired) electrons. The smallest absolute Gasteiger partial charge is 0.261 e. The summed E-state index contributed by atoms with van der Waals surface area (Å²) in [6.07, 6.45) is 0. The minimum absolute atomic E-state index is 0.0817. The maximum Gasteiger partial charge on any atom is 0.261 e. The molecule has 4 aromatic carbocycles. The highest BCUT2D eigenvalue weighted by molar-refractivity contribution is 7.92. The molecule has 0 aliphatic rings. The summed E-state index contributed by atoms with van der Waals surface area (Å²) in [5.74, 6) is 0.359. The Morgan fingerprint density at radius 3 is 2.32 bits per heavy atom. The maximum absolute atomic E-state index is 13.1. The highest BCUT2D eigenvalue weighted by Gasteiger charge is 2.20. The van der Waals surface area contributed by atoms with Crippen molar-refractivity contribution in [3.05, 3.63) is 101 Å². The zero-order valence-corrected chi connectivity index (χ0v) is 18.1. The molecule has 4 aromatic rings. The summed E-state index contributed by atoms with van der Waals surface area (Å²) in [6.45, 7) is 0. The molecule has 0 unspecified atom stereocenters. The Morgan fingerprint density at radius 2 is 1.58 bits per heavy atom. The summed E-state index contributed by atoms with van der Waals surface area (Å²) < 4.78 is 33.9. The fourth-order valence-corrected chi connectivity index (χ4v) is 4.52. The largest absolute Gasteiger partial charge is 0.497 e. The standard InChI is InChI=1S/C24H18ClNO4S/c1-30-20-10-7-18-14-21(11-8-17(18)13-20)31(28,29)26-23-12-9-19(25)15-22(23)24(27)16-5-3-2-4-6-16/h2-15,26H,1H3. The summed E-state index contributed by atoms with van der Waals surface area (Å²) in [4.78, 5) is 13.1. The molecule has 0 saturated heterocycles. The van der Waals surface area contributed by atoms with Crippen LogP contribution >= 0.6 is 11.6 Å². The van der Waals surface area contributed by atoms with Gasteiger partial charge in [-0.25, -0.2) is 8.42 Å². The normalized spacial score (nSPS) is 11.3. The van der Waals surface area contributed by atoms with E-state index in [1.54, 1.807) is 61.7 Å². The first-order chi connectivity index (χ1) is 14.9. The van der Waals surface area contributed by atoms with E-state index in [1.807, 2.05) is 6.07 Å². The summed E-state index contributed by atoms with van der Waals surface area (Å²) >= 11 is 6.09. The zero-order chi connectivity index (χ0) is 22.0. The van der Waals surface area contributed by atoms with E-state index in [2.05, 4.69) is 4.72 Å². The van der Waals surface area contributed by atoms with Gasteiger partial charge in [0, 0.05) is 16.1 Å². The van der Waals surface area contributed by atoms with Gasteiger partial charge in [0.15, 0.2) is 5.78 Å². The average molecular weight is 452 g/mol. The monoisotopic (exact) mass is 451 g/mol. The van der Waals surface area contributed by atoms with E-state index in [1.165, 1.54) is 24.3 Å². The van der Waals surface area contributed by atoms with Crippen molar-refractivity contribution in [2.75, 3.05) is 11.8 Å². The van der Waals surface area contributed by atoms with E-state index in [9.17, 15) is 13.2 Å². The molecular weight excluding hydrogens is 434 g/mol. The third-order valence-corrected chi connectivity index (χ3v) is 6.43. The van der Waals surface area contributed by atoms with Crippen molar-refractivity contribution in [1.29, 1.82) is 0 Å². The number of sulfonamides is 1. The van der Waals surface area contributed by atoms with Gasteiger partial charge in [0.25, 0.3) is 10.0 Å². The number of methoxy groups -OCH3 is 1. The number of hydrogen-bond donors (Lipinski definition) is 1. The third-order valence-electron chi connectivity index (χ3n) is 4.84. The molecule has 1 N–H and O–H groups in total. The van der Waals surface area contributed by atoms with E-state index in [4.69, 9.17) is 16.3 Å². The summed E-state index contributed by atoms with van der Waals surface area (Å²) in [7, 11) is -2.37. The lowest BCUT2D eigenvalue weighted by molar-refractivity contribution is 0.103. The van der Waals surface area contributed by atoms with Crippen LogP contribution in [0.3, 0.4) is 0 Å². The van der Waals surface area contributed by atoms with Crippen LogP contribution in [0, 0.1) is 0 Å². The van der Waals surface area contributed by atoms with Gasteiger partial charge in [-0.2, -0.15) is 0 Å². The summed E-state index contributed by atoms with van der Waals surface area (Å²) in [6, 6.07) is 23.3. The molecule has 7 heteroatoms. The first-order valence-corrected chi connectivity index (χ1v) is 11.2. The van der Waals surface area contributed by atoms with Crippen molar-refractivity contribution in [3.63, 3.8) is 0 Å². The van der Waals surface area contributed by atoms with Crippen molar-refractivity contribution in [1.82, 2.24) is 0 Å². The Morgan fingerprint density at radius 1 is 0.871 bits per heavy atom. The highest BCUT2D eigenvalue weighted by Crippen LogP contribution is 2.28. The molecule has 0 aromatic heterocycles. The molecule has 0 amide bonds. The number of ether oxygens (including phenoxy) is 1. The van der Waals surface area contributed by atoms with Gasteiger partial charge in [0.1, 0.15) is 5.75 Å². The van der Waals surface area contributed by atoms with E-state index < -0.39 is 10.0 Å². The lowest BCUT2D eigenvalue weighted by atomic mass is 10.0.